The molecule has 0 aliphatic carbocycles. The summed E-state index contributed by atoms with van der Waals surface area (Å²) in [5, 5.41) is 5.17. The molecule has 0 N–H and O–H groups in total. The molecule has 2 aromatic heterocycles. The van der Waals surface area contributed by atoms with Crippen LogP contribution in [0.2, 0.25) is 0 Å². The fourth-order valence-corrected chi connectivity index (χ4v) is 8.60. The van der Waals surface area contributed by atoms with E-state index in [4.69, 9.17) is 9.97 Å². The molecule has 0 bridgehead atoms. The Balaban J connectivity index is 1.23. The van der Waals surface area contributed by atoms with Crippen LogP contribution in [0.4, 0.5) is 0 Å². The highest BCUT2D eigenvalue weighted by molar-refractivity contribution is 7.26. The van der Waals surface area contributed by atoms with Crippen LogP contribution in [0.1, 0.15) is 0 Å². The summed E-state index contributed by atoms with van der Waals surface area (Å²) in [4.78, 5) is 10.3. The molecule has 2 nitrogen and oxygen atoms in total. The van der Waals surface area contributed by atoms with Gasteiger partial charge in [-0.05, 0) is 86.6 Å². The van der Waals surface area contributed by atoms with Gasteiger partial charge < -0.3 is 0 Å². The smallest absolute Gasteiger partial charge is 0.160 e. The van der Waals surface area contributed by atoms with Gasteiger partial charge in [0.15, 0.2) is 5.82 Å². The van der Waals surface area contributed by atoms with E-state index < -0.39 is 0 Å². The van der Waals surface area contributed by atoms with E-state index in [0.29, 0.717) is 5.82 Å². The maximum absolute atomic E-state index is 5.26. The summed E-state index contributed by atoms with van der Waals surface area (Å²) in [5.74, 6) is 0.705. The first kappa shape index (κ1) is 31.1. The van der Waals surface area contributed by atoms with Gasteiger partial charge in [-0.1, -0.05) is 152 Å². The van der Waals surface area contributed by atoms with Gasteiger partial charge in [0.1, 0.15) is 0 Å². The van der Waals surface area contributed by atoms with Crippen LogP contribution in [-0.4, -0.2) is 9.97 Å². The number of thiophene rings is 1. The van der Waals surface area contributed by atoms with Crippen molar-refractivity contribution in [3.05, 3.63) is 194 Å². The lowest BCUT2D eigenvalue weighted by Crippen LogP contribution is -1.96. The minimum atomic E-state index is 0.705. The summed E-state index contributed by atoms with van der Waals surface area (Å²) in [7, 11) is 0. The predicted octanol–water partition coefficient (Wildman–Crippen LogP) is 14.0. The monoisotopic (exact) mass is 692 g/mol. The zero-order valence-corrected chi connectivity index (χ0v) is 29.6. The Bertz CT molecular complexity index is 2870. The van der Waals surface area contributed by atoms with Crippen molar-refractivity contribution < 1.29 is 0 Å². The van der Waals surface area contributed by atoms with E-state index in [1.165, 1.54) is 53.2 Å². The molecule has 0 aliphatic rings. The van der Waals surface area contributed by atoms with Gasteiger partial charge >= 0.3 is 0 Å². The molecule has 0 radical (unpaired) electrons. The number of aromatic nitrogens is 2. The van der Waals surface area contributed by atoms with Crippen LogP contribution < -0.4 is 0 Å². The van der Waals surface area contributed by atoms with Crippen LogP contribution in [0.25, 0.3) is 98.2 Å². The minimum absolute atomic E-state index is 0.705. The second-order valence-corrected chi connectivity index (χ2v) is 14.5. The zero-order chi connectivity index (χ0) is 35.1. The maximum Gasteiger partial charge on any atom is 0.160 e. The van der Waals surface area contributed by atoms with Gasteiger partial charge in [0.05, 0.1) is 11.4 Å². The fraction of sp³-hybridized carbons (Fsp3) is 0. The molecule has 0 amide bonds. The summed E-state index contributed by atoms with van der Waals surface area (Å²) in [6.07, 6.45) is 0. The van der Waals surface area contributed by atoms with E-state index in [-0.39, 0.29) is 0 Å². The third-order valence-corrected chi connectivity index (χ3v) is 11.2. The number of rotatable bonds is 6. The molecule has 0 aliphatic heterocycles. The van der Waals surface area contributed by atoms with E-state index in [1.807, 2.05) is 35.6 Å². The van der Waals surface area contributed by atoms with Gasteiger partial charge in [-0.2, -0.15) is 0 Å². The highest BCUT2D eigenvalue weighted by Gasteiger charge is 2.16. The van der Waals surface area contributed by atoms with Gasteiger partial charge in [0.25, 0.3) is 0 Å². The molecule has 2 heterocycles. The van der Waals surface area contributed by atoms with Crippen LogP contribution in [0, 0.1) is 0 Å². The van der Waals surface area contributed by atoms with Gasteiger partial charge in [-0.3, -0.25) is 0 Å². The molecule has 3 heteroatoms. The quantitative estimate of drug-likeness (QED) is 0.173. The summed E-state index contributed by atoms with van der Waals surface area (Å²) in [6.45, 7) is 0. The molecule has 10 rings (SSSR count). The molecule has 0 saturated carbocycles. The predicted molar refractivity (Wildman–Crippen MR) is 225 cm³/mol. The minimum Gasteiger partial charge on any atom is -0.228 e. The molecule has 248 valence electrons. The van der Waals surface area contributed by atoms with Crippen LogP contribution in [0.15, 0.2) is 194 Å². The van der Waals surface area contributed by atoms with E-state index in [9.17, 15) is 0 Å². The Labute approximate surface area is 312 Å². The van der Waals surface area contributed by atoms with Crippen LogP contribution in [0.3, 0.4) is 0 Å². The summed E-state index contributed by atoms with van der Waals surface area (Å²) >= 11 is 1.86. The third-order valence-electron chi connectivity index (χ3n) is 10.1. The van der Waals surface area contributed by atoms with E-state index in [0.717, 1.165) is 39.2 Å². The van der Waals surface area contributed by atoms with Crippen molar-refractivity contribution in [3.63, 3.8) is 0 Å². The highest BCUT2D eigenvalue weighted by atomic mass is 32.1. The Morgan fingerprint density at radius 1 is 0.321 bits per heavy atom. The van der Waals surface area contributed by atoms with E-state index in [2.05, 4.69) is 170 Å². The van der Waals surface area contributed by atoms with Crippen molar-refractivity contribution in [3.8, 4) is 67.3 Å². The Hall–Kier alpha value is -6.68. The first-order valence-electron chi connectivity index (χ1n) is 17.9. The highest BCUT2D eigenvalue weighted by Crippen LogP contribution is 2.42. The lowest BCUT2D eigenvalue weighted by molar-refractivity contribution is 1.18. The third kappa shape index (κ3) is 5.78. The van der Waals surface area contributed by atoms with Crippen molar-refractivity contribution in [1.82, 2.24) is 9.97 Å². The second kappa shape index (κ2) is 13.1. The molecule has 53 heavy (non-hydrogen) atoms. The lowest BCUT2D eigenvalue weighted by atomic mass is 9.90. The molecule has 8 aromatic carbocycles. The van der Waals surface area contributed by atoms with Crippen molar-refractivity contribution in [1.29, 1.82) is 0 Å². The molecule has 0 fully saturated rings. The van der Waals surface area contributed by atoms with Crippen molar-refractivity contribution in [2.75, 3.05) is 0 Å². The van der Waals surface area contributed by atoms with Gasteiger partial charge in [0, 0.05) is 36.9 Å². The number of hydrogen-bond acceptors (Lipinski definition) is 3. The summed E-state index contributed by atoms with van der Waals surface area (Å²) in [5.41, 5.74) is 11.9. The fourth-order valence-electron chi connectivity index (χ4n) is 7.50. The Morgan fingerprint density at radius 2 is 0.887 bits per heavy atom. The largest absolute Gasteiger partial charge is 0.228 e. The summed E-state index contributed by atoms with van der Waals surface area (Å²) in [6, 6.07) is 69.3. The number of benzene rings is 8. The molecular formula is C50H32N2S. The standard InChI is InChI=1S/C50H32N2S/c1-4-14-33(15-5-1)41-21-12-13-22-42(41)39-28-38(37-25-26-47-44(31-37)49-43-23-11-10-16-34(43)24-27-48(49)53-47)29-40(30-39)46-32-45(35-17-6-2-7-18-35)51-50(52-46)36-19-8-3-9-20-36/h1-32H. The number of nitrogens with zero attached hydrogens (tertiary/aromatic N) is 2. The summed E-state index contributed by atoms with van der Waals surface area (Å²) < 4.78 is 2.60. The average molecular weight is 693 g/mol. The van der Waals surface area contributed by atoms with Gasteiger partial charge in [0.2, 0.25) is 0 Å². The van der Waals surface area contributed by atoms with Crippen LogP contribution in [-0.2, 0) is 0 Å². The molecular weight excluding hydrogens is 661 g/mol. The van der Waals surface area contributed by atoms with Crippen molar-refractivity contribution in [2.24, 2.45) is 0 Å². The maximum atomic E-state index is 5.26. The van der Waals surface area contributed by atoms with E-state index >= 15 is 0 Å². The lowest BCUT2D eigenvalue weighted by Gasteiger charge is -2.15. The van der Waals surface area contributed by atoms with Crippen molar-refractivity contribution in [2.45, 2.75) is 0 Å². The van der Waals surface area contributed by atoms with E-state index in [1.54, 1.807) is 0 Å². The number of hydrogen-bond donors (Lipinski definition) is 0. The molecule has 0 unspecified atom stereocenters. The average Bonchev–Trinajstić information content (AvgIpc) is 3.63. The molecule has 10 aromatic rings. The Kier molecular flexibility index (Phi) is 7.71. The topological polar surface area (TPSA) is 25.8 Å². The SMILES string of the molecule is c1ccc(-c2cc(-c3cc(-c4ccc5sc6ccc7ccccc7c6c5c4)cc(-c4ccccc4-c4ccccc4)c3)nc(-c3ccccc3)n2)cc1. The zero-order valence-electron chi connectivity index (χ0n) is 28.8. The van der Waals surface area contributed by atoms with Crippen molar-refractivity contribution >= 4 is 42.3 Å². The normalized spacial score (nSPS) is 11.4. The van der Waals surface area contributed by atoms with Gasteiger partial charge in [-0.25, -0.2) is 9.97 Å². The van der Waals surface area contributed by atoms with Gasteiger partial charge in [-0.15, -0.1) is 11.3 Å². The first-order chi connectivity index (χ1) is 26.2. The first-order valence-corrected chi connectivity index (χ1v) is 18.7. The Morgan fingerprint density at radius 3 is 1.64 bits per heavy atom. The molecule has 0 saturated heterocycles. The van der Waals surface area contributed by atoms with Crippen LogP contribution >= 0.6 is 11.3 Å². The molecule has 0 spiro atoms. The molecule has 0 atom stereocenters. The second-order valence-electron chi connectivity index (χ2n) is 13.4. The number of fused-ring (bicyclic) bond motifs is 5. The van der Waals surface area contributed by atoms with Crippen LogP contribution in [0.5, 0.6) is 0 Å².